The molecule has 0 spiro atoms. The number of halogens is 3. The summed E-state index contributed by atoms with van der Waals surface area (Å²) in [4.78, 5) is 11.5. The van der Waals surface area contributed by atoms with Crippen molar-refractivity contribution in [3.63, 3.8) is 0 Å². The third kappa shape index (κ3) is 4.75. The lowest BCUT2D eigenvalue weighted by Crippen LogP contribution is -2.35. The topological polar surface area (TPSA) is 41.1 Å². The average molecular weight is 260 g/mol. The maximum Gasteiger partial charge on any atom is 0.401 e. The Hall–Kier alpha value is -1.56. The van der Waals surface area contributed by atoms with Crippen LogP contribution in [0.2, 0.25) is 0 Å². The van der Waals surface area contributed by atoms with Crippen LogP contribution in [0.1, 0.15) is 11.1 Å². The number of nitrogens with one attached hydrogen (secondary N) is 2. The Morgan fingerprint density at radius 1 is 1.22 bits per heavy atom. The van der Waals surface area contributed by atoms with E-state index in [9.17, 15) is 18.0 Å². The number of anilines is 1. The van der Waals surface area contributed by atoms with Gasteiger partial charge in [-0.25, -0.2) is 0 Å². The summed E-state index contributed by atoms with van der Waals surface area (Å²) >= 11 is 0. The number of aryl methyl sites for hydroxylation is 2. The van der Waals surface area contributed by atoms with Gasteiger partial charge >= 0.3 is 6.18 Å². The number of carbonyl (C=O) groups is 1. The van der Waals surface area contributed by atoms with E-state index in [1.807, 2.05) is 37.4 Å². The summed E-state index contributed by atoms with van der Waals surface area (Å²) in [5, 5.41) is 4.64. The number of benzene rings is 1. The van der Waals surface area contributed by atoms with Crippen molar-refractivity contribution in [3.8, 4) is 0 Å². The van der Waals surface area contributed by atoms with Crippen LogP contribution in [-0.4, -0.2) is 25.2 Å². The number of hydrogen-bond donors (Lipinski definition) is 2. The maximum atomic E-state index is 11.9. The van der Waals surface area contributed by atoms with E-state index in [4.69, 9.17) is 0 Å². The molecule has 1 aromatic carbocycles. The molecule has 0 saturated heterocycles. The van der Waals surface area contributed by atoms with Crippen LogP contribution < -0.4 is 10.6 Å². The van der Waals surface area contributed by atoms with Crippen LogP contribution in [0.3, 0.4) is 0 Å². The van der Waals surface area contributed by atoms with Crippen LogP contribution in [0, 0.1) is 13.8 Å². The molecule has 1 amide bonds. The SMILES string of the molecule is Cc1cccc(C)c1NC(=O)CNCC(F)(F)F. The molecule has 0 unspecified atom stereocenters. The van der Waals surface area contributed by atoms with Gasteiger partial charge in [0.15, 0.2) is 0 Å². The lowest BCUT2D eigenvalue weighted by atomic mass is 10.1. The Kier molecular flexibility index (Phi) is 4.72. The van der Waals surface area contributed by atoms with E-state index in [1.54, 1.807) is 0 Å². The van der Waals surface area contributed by atoms with E-state index in [0.29, 0.717) is 5.69 Å². The molecule has 6 heteroatoms. The maximum absolute atomic E-state index is 11.9. The third-order valence-electron chi connectivity index (χ3n) is 2.36. The van der Waals surface area contributed by atoms with Crippen molar-refractivity contribution in [2.75, 3.05) is 18.4 Å². The monoisotopic (exact) mass is 260 g/mol. The minimum Gasteiger partial charge on any atom is -0.324 e. The zero-order chi connectivity index (χ0) is 13.8. The first-order chi connectivity index (χ1) is 8.29. The summed E-state index contributed by atoms with van der Waals surface area (Å²) in [7, 11) is 0. The summed E-state index contributed by atoms with van der Waals surface area (Å²) in [5.74, 6) is -0.489. The standard InChI is InChI=1S/C12H15F3N2O/c1-8-4-3-5-9(2)11(8)17-10(18)6-16-7-12(13,14)15/h3-5,16H,6-7H2,1-2H3,(H,17,18). The number of carbonyl (C=O) groups excluding carboxylic acids is 1. The van der Waals surface area contributed by atoms with Gasteiger partial charge in [-0.2, -0.15) is 13.2 Å². The molecule has 3 nitrogen and oxygen atoms in total. The first-order valence-electron chi connectivity index (χ1n) is 5.43. The molecule has 0 aromatic heterocycles. The summed E-state index contributed by atoms with van der Waals surface area (Å²) in [5.41, 5.74) is 2.40. The van der Waals surface area contributed by atoms with Gasteiger partial charge in [0, 0.05) is 5.69 Å². The minimum absolute atomic E-state index is 0.368. The predicted molar refractivity (Wildman–Crippen MR) is 63.5 cm³/mol. The highest BCUT2D eigenvalue weighted by molar-refractivity contribution is 5.93. The summed E-state index contributed by atoms with van der Waals surface area (Å²) in [6.45, 7) is 2.11. The first kappa shape index (κ1) is 14.5. The number of alkyl halides is 3. The van der Waals surface area contributed by atoms with E-state index in [1.165, 1.54) is 0 Å². The molecule has 0 radical (unpaired) electrons. The number of hydrogen-bond acceptors (Lipinski definition) is 2. The van der Waals surface area contributed by atoms with Crippen LogP contribution >= 0.6 is 0 Å². The van der Waals surface area contributed by atoms with Gasteiger partial charge in [-0.05, 0) is 25.0 Å². The van der Waals surface area contributed by atoms with E-state index >= 15 is 0 Å². The molecule has 0 aliphatic heterocycles. The van der Waals surface area contributed by atoms with Gasteiger partial charge in [-0.3, -0.25) is 4.79 Å². The Morgan fingerprint density at radius 2 is 1.78 bits per heavy atom. The lowest BCUT2D eigenvalue weighted by Gasteiger charge is -2.12. The highest BCUT2D eigenvalue weighted by Crippen LogP contribution is 2.19. The van der Waals surface area contributed by atoms with Gasteiger partial charge in [0.2, 0.25) is 5.91 Å². The molecule has 0 aliphatic carbocycles. The van der Waals surface area contributed by atoms with E-state index in [2.05, 4.69) is 5.32 Å². The van der Waals surface area contributed by atoms with Gasteiger partial charge in [0.25, 0.3) is 0 Å². The molecule has 0 fully saturated rings. The molecular weight excluding hydrogens is 245 g/mol. The molecule has 2 N–H and O–H groups in total. The van der Waals surface area contributed by atoms with E-state index < -0.39 is 18.6 Å². The second-order valence-electron chi connectivity index (χ2n) is 4.03. The van der Waals surface area contributed by atoms with E-state index in [0.717, 1.165) is 11.1 Å². The second kappa shape index (κ2) is 5.86. The Bertz CT molecular complexity index is 410. The summed E-state index contributed by atoms with van der Waals surface area (Å²) in [6.07, 6.45) is -4.31. The summed E-state index contributed by atoms with van der Waals surface area (Å²) in [6, 6.07) is 5.50. The van der Waals surface area contributed by atoms with Crippen LogP contribution in [0.4, 0.5) is 18.9 Å². The fourth-order valence-corrected chi connectivity index (χ4v) is 1.51. The second-order valence-corrected chi connectivity index (χ2v) is 4.03. The van der Waals surface area contributed by atoms with Gasteiger partial charge < -0.3 is 10.6 Å². The van der Waals surface area contributed by atoms with Crippen molar-refractivity contribution < 1.29 is 18.0 Å². The quantitative estimate of drug-likeness (QED) is 0.872. The fraction of sp³-hybridized carbons (Fsp3) is 0.417. The number of amides is 1. The minimum atomic E-state index is -4.31. The molecular formula is C12H15F3N2O. The molecule has 1 rings (SSSR count). The van der Waals surface area contributed by atoms with Crippen molar-refractivity contribution in [1.29, 1.82) is 0 Å². The average Bonchev–Trinajstić information content (AvgIpc) is 2.22. The molecule has 0 heterocycles. The Balaban J connectivity index is 2.50. The highest BCUT2D eigenvalue weighted by Gasteiger charge is 2.26. The van der Waals surface area contributed by atoms with Crippen molar-refractivity contribution in [3.05, 3.63) is 29.3 Å². The highest BCUT2D eigenvalue weighted by atomic mass is 19.4. The smallest absolute Gasteiger partial charge is 0.324 e. The molecule has 0 bridgehead atoms. The van der Waals surface area contributed by atoms with Gasteiger partial charge in [0.05, 0.1) is 13.1 Å². The zero-order valence-corrected chi connectivity index (χ0v) is 10.2. The van der Waals surface area contributed by atoms with Crippen LogP contribution in [-0.2, 0) is 4.79 Å². The van der Waals surface area contributed by atoms with Gasteiger partial charge in [0.1, 0.15) is 0 Å². The number of rotatable bonds is 4. The van der Waals surface area contributed by atoms with Crippen molar-refractivity contribution in [1.82, 2.24) is 5.32 Å². The normalized spacial score (nSPS) is 11.4. The van der Waals surface area contributed by atoms with Crippen LogP contribution in [0.5, 0.6) is 0 Å². The Morgan fingerprint density at radius 3 is 2.28 bits per heavy atom. The largest absolute Gasteiger partial charge is 0.401 e. The van der Waals surface area contributed by atoms with E-state index in [-0.39, 0.29) is 6.54 Å². The molecule has 0 aliphatic rings. The summed E-state index contributed by atoms with van der Waals surface area (Å²) < 4.78 is 35.6. The van der Waals surface area contributed by atoms with Crippen LogP contribution in [0.25, 0.3) is 0 Å². The third-order valence-corrected chi connectivity index (χ3v) is 2.36. The van der Waals surface area contributed by atoms with Crippen LogP contribution in [0.15, 0.2) is 18.2 Å². The zero-order valence-electron chi connectivity index (χ0n) is 10.2. The predicted octanol–water partition coefficient (Wildman–Crippen LogP) is 2.39. The van der Waals surface area contributed by atoms with Crippen molar-refractivity contribution in [2.45, 2.75) is 20.0 Å². The van der Waals surface area contributed by atoms with Crippen molar-refractivity contribution >= 4 is 11.6 Å². The molecule has 0 atom stereocenters. The number of para-hydroxylation sites is 1. The van der Waals surface area contributed by atoms with Crippen molar-refractivity contribution in [2.24, 2.45) is 0 Å². The fourth-order valence-electron chi connectivity index (χ4n) is 1.51. The lowest BCUT2D eigenvalue weighted by molar-refractivity contribution is -0.126. The molecule has 1 aromatic rings. The van der Waals surface area contributed by atoms with Gasteiger partial charge in [-0.1, -0.05) is 18.2 Å². The molecule has 0 saturated carbocycles. The van der Waals surface area contributed by atoms with Gasteiger partial charge in [-0.15, -0.1) is 0 Å². The Labute approximate surface area is 103 Å². The first-order valence-corrected chi connectivity index (χ1v) is 5.43. The molecule has 100 valence electrons. The molecule has 18 heavy (non-hydrogen) atoms.